The van der Waals surface area contributed by atoms with E-state index >= 15 is 0 Å². The molecule has 0 bridgehead atoms. The smallest absolute Gasteiger partial charge is 0.0934 e. The topological polar surface area (TPSA) is 25.2 Å². The van der Waals surface area contributed by atoms with Crippen LogP contribution in [0.3, 0.4) is 0 Å². The summed E-state index contributed by atoms with van der Waals surface area (Å²) in [5, 5.41) is 3.45. The highest BCUT2D eigenvalue weighted by Crippen LogP contribution is 2.17. The number of hydrogen-bond donors (Lipinski definition) is 1. The second-order valence-corrected chi connectivity index (χ2v) is 5.76. The molecule has 0 aliphatic rings. The van der Waals surface area contributed by atoms with Gasteiger partial charge in [0.15, 0.2) is 0 Å². The Bertz CT molecular complexity index is 464. The van der Waals surface area contributed by atoms with Gasteiger partial charge in [-0.25, -0.2) is 0 Å². The summed E-state index contributed by atoms with van der Waals surface area (Å²) in [5.41, 5.74) is 2.66. The van der Waals surface area contributed by atoms with E-state index in [9.17, 15) is 0 Å². The molecule has 19 heavy (non-hydrogen) atoms. The van der Waals surface area contributed by atoms with Gasteiger partial charge in [-0.1, -0.05) is 35.0 Å². The van der Waals surface area contributed by atoms with Gasteiger partial charge in [0, 0.05) is 4.47 Å². The van der Waals surface area contributed by atoms with Gasteiger partial charge in [0.1, 0.15) is 0 Å². The van der Waals surface area contributed by atoms with Crippen molar-refractivity contribution in [3.8, 4) is 0 Å². The maximum absolute atomic E-state index is 5.16. The van der Waals surface area contributed by atoms with E-state index in [1.807, 2.05) is 6.26 Å². The number of hydrogen-bond acceptors (Lipinski definition) is 2. The SMILES string of the molecule is CCNCC(Cc1ccc(Br)cc1)Cc1ccoc1. The summed E-state index contributed by atoms with van der Waals surface area (Å²) in [5.74, 6) is 0.596. The van der Waals surface area contributed by atoms with Crippen LogP contribution >= 0.6 is 15.9 Å². The molecule has 0 spiro atoms. The molecule has 1 N–H and O–H groups in total. The summed E-state index contributed by atoms with van der Waals surface area (Å²) < 4.78 is 6.29. The van der Waals surface area contributed by atoms with Gasteiger partial charge in [-0.2, -0.15) is 0 Å². The lowest BCUT2D eigenvalue weighted by Crippen LogP contribution is -2.25. The molecule has 3 heteroatoms. The van der Waals surface area contributed by atoms with Crippen LogP contribution in [-0.2, 0) is 12.8 Å². The van der Waals surface area contributed by atoms with E-state index in [-0.39, 0.29) is 0 Å². The summed E-state index contributed by atoms with van der Waals surface area (Å²) in [6.45, 7) is 4.20. The zero-order valence-electron chi connectivity index (χ0n) is 11.2. The Morgan fingerprint density at radius 2 is 1.84 bits per heavy atom. The number of nitrogens with one attached hydrogen (secondary N) is 1. The fraction of sp³-hybridized carbons (Fsp3) is 0.375. The summed E-state index contributed by atoms with van der Waals surface area (Å²) in [6.07, 6.45) is 5.74. The third-order valence-corrected chi connectivity index (χ3v) is 3.75. The Morgan fingerprint density at radius 3 is 2.47 bits per heavy atom. The fourth-order valence-corrected chi connectivity index (χ4v) is 2.53. The van der Waals surface area contributed by atoms with Gasteiger partial charge < -0.3 is 9.73 Å². The van der Waals surface area contributed by atoms with Gasteiger partial charge in [-0.05, 0) is 61.2 Å². The first-order valence-corrected chi connectivity index (χ1v) is 7.53. The highest BCUT2D eigenvalue weighted by atomic mass is 79.9. The zero-order valence-corrected chi connectivity index (χ0v) is 12.8. The molecule has 2 rings (SSSR count). The molecule has 1 unspecified atom stereocenters. The lowest BCUT2D eigenvalue weighted by atomic mass is 9.93. The van der Waals surface area contributed by atoms with Crippen LogP contribution in [0.1, 0.15) is 18.1 Å². The lowest BCUT2D eigenvalue weighted by molar-refractivity contribution is 0.474. The van der Waals surface area contributed by atoms with E-state index in [4.69, 9.17) is 4.42 Å². The van der Waals surface area contributed by atoms with Crippen molar-refractivity contribution in [2.24, 2.45) is 5.92 Å². The number of benzene rings is 1. The maximum atomic E-state index is 5.16. The van der Waals surface area contributed by atoms with E-state index in [0.717, 1.165) is 30.4 Å². The minimum Gasteiger partial charge on any atom is -0.472 e. The number of halogens is 1. The average Bonchev–Trinajstić information content (AvgIpc) is 2.91. The number of rotatable bonds is 7. The molecule has 1 aromatic heterocycles. The predicted molar refractivity (Wildman–Crippen MR) is 82.3 cm³/mol. The van der Waals surface area contributed by atoms with Crippen LogP contribution in [0.5, 0.6) is 0 Å². The third kappa shape index (κ3) is 4.84. The molecule has 1 atom stereocenters. The van der Waals surface area contributed by atoms with Gasteiger partial charge >= 0.3 is 0 Å². The normalized spacial score (nSPS) is 12.5. The molecule has 0 fully saturated rings. The van der Waals surface area contributed by atoms with Crippen LogP contribution < -0.4 is 5.32 Å². The molecule has 1 aromatic carbocycles. The number of furan rings is 1. The quantitative estimate of drug-likeness (QED) is 0.832. The third-order valence-electron chi connectivity index (χ3n) is 3.23. The van der Waals surface area contributed by atoms with Crippen molar-refractivity contribution in [2.75, 3.05) is 13.1 Å². The minimum atomic E-state index is 0.596. The molecule has 2 aromatic rings. The van der Waals surface area contributed by atoms with Crippen molar-refractivity contribution < 1.29 is 4.42 Å². The first kappa shape index (κ1) is 14.4. The maximum Gasteiger partial charge on any atom is 0.0934 e. The second kappa shape index (κ2) is 7.51. The van der Waals surface area contributed by atoms with E-state index in [1.165, 1.54) is 11.1 Å². The lowest BCUT2D eigenvalue weighted by Gasteiger charge is -2.16. The second-order valence-electron chi connectivity index (χ2n) is 4.84. The van der Waals surface area contributed by atoms with Crippen LogP contribution in [0, 0.1) is 5.92 Å². The molecule has 0 aliphatic heterocycles. The van der Waals surface area contributed by atoms with Gasteiger partial charge in [-0.3, -0.25) is 0 Å². The molecule has 0 saturated heterocycles. The Morgan fingerprint density at radius 1 is 1.11 bits per heavy atom. The first-order chi connectivity index (χ1) is 9.28. The molecular weight excluding hydrogens is 302 g/mol. The molecule has 0 saturated carbocycles. The molecule has 0 aliphatic carbocycles. The van der Waals surface area contributed by atoms with Crippen LogP contribution in [-0.4, -0.2) is 13.1 Å². The van der Waals surface area contributed by atoms with Crippen molar-refractivity contribution in [2.45, 2.75) is 19.8 Å². The van der Waals surface area contributed by atoms with Crippen molar-refractivity contribution in [1.82, 2.24) is 5.32 Å². The Balaban J connectivity index is 1.98. The Labute approximate surface area is 123 Å². The molecule has 102 valence electrons. The van der Waals surface area contributed by atoms with Crippen molar-refractivity contribution in [3.05, 3.63) is 58.5 Å². The van der Waals surface area contributed by atoms with Crippen LogP contribution in [0.2, 0.25) is 0 Å². The predicted octanol–water partition coefficient (Wildman–Crippen LogP) is 4.05. The van der Waals surface area contributed by atoms with E-state index in [2.05, 4.69) is 58.5 Å². The van der Waals surface area contributed by atoms with Crippen LogP contribution in [0.4, 0.5) is 0 Å². The molecular formula is C16H20BrNO. The van der Waals surface area contributed by atoms with Crippen molar-refractivity contribution in [1.29, 1.82) is 0 Å². The van der Waals surface area contributed by atoms with Crippen molar-refractivity contribution in [3.63, 3.8) is 0 Å². The molecule has 2 nitrogen and oxygen atoms in total. The molecule has 0 radical (unpaired) electrons. The summed E-state index contributed by atoms with van der Waals surface area (Å²) in [7, 11) is 0. The van der Waals surface area contributed by atoms with Gasteiger partial charge in [0.25, 0.3) is 0 Å². The van der Waals surface area contributed by atoms with Crippen LogP contribution in [0.15, 0.2) is 51.7 Å². The molecule has 0 amide bonds. The highest BCUT2D eigenvalue weighted by Gasteiger charge is 2.11. The summed E-state index contributed by atoms with van der Waals surface area (Å²) in [4.78, 5) is 0. The monoisotopic (exact) mass is 321 g/mol. The van der Waals surface area contributed by atoms with E-state index in [1.54, 1.807) is 6.26 Å². The highest BCUT2D eigenvalue weighted by molar-refractivity contribution is 9.10. The van der Waals surface area contributed by atoms with Gasteiger partial charge in [0.05, 0.1) is 12.5 Å². The van der Waals surface area contributed by atoms with Crippen molar-refractivity contribution >= 4 is 15.9 Å². The molecule has 1 heterocycles. The first-order valence-electron chi connectivity index (χ1n) is 6.74. The van der Waals surface area contributed by atoms with E-state index in [0.29, 0.717) is 5.92 Å². The summed E-state index contributed by atoms with van der Waals surface area (Å²) >= 11 is 3.48. The fourth-order valence-electron chi connectivity index (χ4n) is 2.26. The van der Waals surface area contributed by atoms with Gasteiger partial charge in [-0.15, -0.1) is 0 Å². The standard InChI is InChI=1S/C16H20BrNO/c1-2-18-11-15(10-14-7-8-19-12-14)9-13-3-5-16(17)6-4-13/h3-8,12,15,18H,2,9-11H2,1H3. The summed E-state index contributed by atoms with van der Waals surface area (Å²) in [6, 6.07) is 10.7. The van der Waals surface area contributed by atoms with Crippen LogP contribution in [0.25, 0.3) is 0 Å². The Kier molecular flexibility index (Phi) is 5.67. The zero-order chi connectivity index (χ0) is 13.5. The van der Waals surface area contributed by atoms with Gasteiger partial charge in [0.2, 0.25) is 0 Å². The Hall–Kier alpha value is -1.06. The van der Waals surface area contributed by atoms with E-state index < -0.39 is 0 Å². The minimum absolute atomic E-state index is 0.596. The largest absolute Gasteiger partial charge is 0.472 e. The average molecular weight is 322 g/mol.